The lowest BCUT2D eigenvalue weighted by atomic mass is 10.2. The number of nitrogens with one attached hydrogen (secondary N) is 1. The molecule has 0 spiro atoms. The predicted octanol–water partition coefficient (Wildman–Crippen LogP) is 2.63. The van der Waals surface area contributed by atoms with E-state index in [2.05, 4.69) is 10.5 Å². The molecular weight excluding hydrogens is 284 g/mol. The molecule has 0 bridgehead atoms. The summed E-state index contributed by atoms with van der Waals surface area (Å²) in [7, 11) is 1.54. The molecular formula is C16H20N2O4. The lowest BCUT2D eigenvalue weighted by Crippen LogP contribution is -2.22. The highest BCUT2D eigenvalue weighted by atomic mass is 16.5. The summed E-state index contributed by atoms with van der Waals surface area (Å²) in [6.45, 7) is 6.48. The molecule has 1 heterocycles. The number of carbonyl (C=O) groups excluding carboxylic acids is 1. The second kappa shape index (κ2) is 6.98. The highest BCUT2D eigenvalue weighted by molar-refractivity contribution is 5.94. The van der Waals surface area contributed by atoms with Gasteiger partial charge in [-0.25, -0.2) is 0 Å². The average Bonchev–Trinajstić information content (AvgIpc) is 2.84. The van der Waals surface area contributed by atoms with Gasteiger partial charge in [-0.3, -0.25) is 4.79 Å². The Morgan fingerprint density at radius 3 is 2.68 bits per heavy atom. The third kappa shape index (κ3) is 3.39. The largest absolute Gasteiger partial charge is 0.493 e. The van der Waals surface area contributed by atoms with Crippen LogP contribution in [0.15, 0.2) is 22.7 Å². The Labute approximate surface area is 129 Å². The summed E-state index contributed by atoms with van der Waals surface area (Å²) in [6.07, 6.45) is 0. The molecule has 1 amide bonds. The van der Waals surface area contributed by atoms with E-state index in [0.29, 0.717) is 30.2 Å². The van der Waals surface area contributed by atoms with Crippen LogP contribution in [0.1, 0.15) is 34.3 Å². The van der Waals surface area contributed by atoms with Gasteiger partial charge in [-0.05, 0) is 39.0 Å². The Kier molecular flexibility index (Phi) is 5.04. The van der Waals surface area contributed by atoms with E-state index in [1.807, 2.05) is 20.8 Å². The summed E-state index contributed by atoms with van der Waals surface area (Å²) >= 11 is 0. The van der Waals surface area contributed by atoms with E-state index >= 15 is 0 Å². The molecule has 1 N–H and O–H groups in total. The van der Waals surface area contributed by atoms with Crippen LogP contribution < -0.4 is 14.8 Å². The lowest BCUT2D eigenvalue weighted by Gasteiger charge is -2.12. The van der Waals surface area contributed by atoms with E-state index in [0.717, 1.165) is 17.0 Å². The molecule has 2 rings (SSSR count). The fraction of sp³-hybridized carbons (Fsp3) is 0.375. The van der Waals surface area contributed by atoms with Gasteiger partial charge in [0.25, 0.3) is 5.91 Å². The van der Waals surface area contributed by atoms with E-state index in [4.69, 9.17) is 14.0 Å². The maximum atomic E-state index is 11.8. The van der Waals surface area contributed by atoms with Crippen molar-refractivity contribution in [2.45, 2.75) is 27.4 Å². The van der Waals surface area contributed by atoms with Gasteiger partial charge in [-0.15, -0.1) is 0 Å². The number of carbonyl (C=O) groups is 1. The molecule has 0 atom stereocenters. The number of benzene rings is 1. The maximum absolute atomic E-state index is 11.8. The minimum absolute atomic E-state index is 0.141. The van der Waals surface area contributed by atoms with Crippen LogP contribution in [0.3, 0.4) is 0 Å². The predicted molar refractivity (Wildman–Crippen MR) is 81.3 cm³/mol. The minimum atomic E-state index is -0.141. The maximum Gasteiger partial charge on any atom is 0.251 e. The van der Waals surface area contributed by atoms with Gasteiger partial charge >= 0.3 is 0 Å². The lowest BCUT2D eigenvalue weighted by molar-refractivity contribution is 0.0955. The van der Waals surface area contributed by atoms with Gasteiger partial charge in [0.2, 0.25) is 0 Å². The second-order valence-corrected chi connectivity index (χ2v) is 4.82. The fourth-order valence-electron chi connectivity index (χ4n) is 2.05. The van der Waals surface area contributed by atoms with Gasteiger partial charge in [0, 0.05) is 12.1 Å². The summed E-state index contributed by atoms with van der Waals surface area (Å²) in [5.41, 5.74) is 2.24. The minimum Gasteiger partial charge on any atom is -0.493 e. The highest BCUT2D eigenvalue weighted by Crippen LogP contribution is 2.29. The third-order valence-electron chi connectivity index (χ3n) is 3.32. The van der Waals surface area contributed by atoms with Crippen molar-refractivity contribution in [3.63, 3.8) is 0 Å². The number of rotatable bonds is 6. The van der Waals surface area contributed by atoms with Crippen molar-refractivity contribution in [3.8, 4) is 11.5 Å². The van der Waals surface area contributed by atoms with Crippen molar-refractivity contribution in [1.29, 1.82) is 0 Å². The van der Waals surface area contributed by atoms with Crippen LogP contribution in [0.5, 0.6) is 11.5 Å². The fourth-order valence-corrected chi connectivity index (χ4v) is 2.05. The van der Waals surface area contributed by atoms with Gasteiger partial charge in [-0.2, -0.15) is 0 Å². The Balaban J connectivity index is 2.16. The smallest absolute Gasteiger partial charge is 0.251 e. The highest BCUT2D eigenvalue weighted by Gasteiger charge is 2.13. The molecule has 0 radical (unpaired) electrons. The van der Waals surface area contributed by atoms with Crippen molar-refractivity contribution in [1.82, 2.24) is 10.5 Å². The van der Waals surface area contributed by atoms with Crippen molar-refractivity contribution in [2.24, 2.45) is 0 Å². The Morgan fingerprint density at radius 2 is 2.09 bits per heavy atom. The van der Waals surface area contributed by atoms with Crippen molar-refractivity contribution in [2.75, 3.05) is 13.7 Å². The van der Waals surface area contributed by atoms with Crippen molar-refractivity contribution < 1.29 is 18.8 Å². The van der Waals surface area contributed by atoms with Crippen LogP contribution in [0.25, 0.3) is 0 Å². The monoisotopic (exact) mass is 304 g/mol. The molecule has 0 saturated heterocycles. The Bertz CT molecular complexity index is 645. The first-order valence-electron chi connectivity index (χ1n) is 7.07. The second-order valence-electron chi connectivity index (χ2n) is 4.82. The van der Waals surface area contributed by atoms with Gasteiger partial charge < -0.3 is 19.3 Å². The van der Waals surface area contributed by atoms with Crippen molar-refractivity contribution in [3.05, 3.63) is 40.8 Å². The van der Waals surface area contributed by atoms with Crippen LogP contribution in [-0.4, -0.2) is 24.7 Å². The zero-order chi connectivity index (χ0) is 16.1. The number of ether oxygens (including phenoxy) is 2. The molecule has 1 aromatic heterocycles. The first-order valence-corrected chi connectivity index (χ1v) is 7.07. The molecule has 22 heavy (non-hydrogen) atoms. The summed E-state index contributed by atoms with van der Waals surface area (Å²) < 4.78 is 16.2. The Hall–Kier alpha value is -2.50. The first-order chi connectivity index (χ1) is 10.6. The van der Waals surface area contributed by atoms with E-state index in [1.165, 1.54) is 0 Å². The zero-order valence-electron chi connectivity index (χ0n) is 13.2. The van der Waals surface area contributed by atoms with Crippen LogP contribution in [0.4, 0.5) is 0 Å². The summed E-state index contributed by atoms with van der Waals surface area (Å²) in [4.78, 5) is 11.8. The third-order valence-corrected chi connectivity index (χ3v) is 3.32. The van der Waals surface area contributed by atoms with E-state index < -0.39 is 0 Å². The zero-order valence-corrected chi connectivity index (χ0v) is 13.2. The number of amides is 1. The molecule has 118 valence electrons. The van der Waals surface area contributed by atoms with Crippen LogP contribution in [0.2, 0.25) is 0 Å². The summed E-state index contributed by atoms with van der Waals surface area (Å²) in [5.74, 6) is 1.67. The molecule has 0 aliphatic rings. The number of hydrogen-bond acceptors (Lipinski definition) is 5. The molecule has 0 aliphatic heterocycles. The summed E-state index contributed by atoms with van der Waals surface area (Å²) in [5, 5.41) is 6.64. The van der Waals surface area contributed by atoms with E-state index in [9.17, 15) is 4.79 Å². The van der Waals surface area contributed by atoms with Gasteiger partial charge in [0.1, 0.15) is 12.4 Å². The average molecular weight is 304 g/mol. The van der Waals surface area contributed by atoms with Crippen LogP contribution in [0, 0.1) is 13.8 Å². The van der Waals surface area contributed by atoms with Crippen LogP contribution in [-0.2, 0) is 6.61 Å². The molecule has 6 heteroatoms. The molecule has 0 saturated carbocycles. The Morgan fingerprint density at radius 1 is 1.32 bits per heavy atom. The van der Waals surface area contributed by atoms with E-state index in [1.54, 1.807) is 25.3 Å². The molecule has 0 unspecified atom stereocenters. The molecule has 2 aromatic rings. The number of aryl methyl sites for hydroxylation is 2. The molecule has 0 aliphatic carbocycles. The number of aromatic nitrogens is 1. The first kappa shape index (κ1) is 15.9. The topological polar surface area (TPSA) is 73.6 Å². The van der Waals surface area contributed by atoms with Crippen molar-refractivity contribution >= 4 is 5.91 Å². The van der Waals surface area contributed by atoms with E-state index in [-0.39, 0.29) is 5.91 Å². The number of nitrogens with zero attached hydrogens (tertiary/aromatic N) is 1. The standard InChI is InChI=1S/C16H20N2O4/c1-5-17-16(19)12-6-7-14(15(8-12)20-4)21-9-13-10(2)18-22-11(13)3/h6-8H,5,9H2,1-4H3,(H,17,19). The van der Waals surface area contributed by atoms with Crippen LogP contribution >= 0.6 is 0 Å². The SMILES string of the molecule is CCNC(=O)c1ccc(OCc2c(C)noc2C)c(OC)c1. The van der Waals surface area contributed by atoms with Gasteiger partial charge in [-0.1, -0.05) is 5.16 Å². The normalized spacial score (nSPS) is 10.4. The molecule has 1 aromatic carbocycles. The van der Waals surface area contributed by atoms with Gasteiger partial charge in [0.05, 0.1) is 18.4 Å². The van der Waals surface area contributed by atoms with Gasteiger partial charge in [0.15, 0.2) is 11.5 Å². The quantitative estimate of drug-likeness (QED) is 0.888. The number of methoxy groups -OCH3 is 1. The molecule has 6 nitrogen and oxygen atoms in total. The molecule has 0 fully saturated rings. The number of hydrogen-bond donors (Lipinski definition) is 1. The summed E-state index contributed by atoms with van der Waals surface area (Å²) in [6, 6.07) is 5.09.